The van der Waals surface area contributed by atoms with Crippen LogP contribution >= 0.6 is 0 Å². The molecule has 0 aliphatic rings. The summed E-state index contributed by atoms with van der Waals surface area (Å²) in [5.74, 6) is 0.457. The Morgan fingerprint density at radius 2 is 2.00 bits per heavy atom. The molecular formula is C12H20N2O4S. The highest BCUT2D eigenvalue weighted by molar-refractivity contribution is 7.89. The largest absolute Gasteiger partial charge is 0.495 e. The minimum Gasteiger partial charge on any atom is -0.495 e. The van der Waals surface area contributed by atoms with Gasteiger partial charge < -0.3 is 15.2 Å². The van der Waals surface area contributed by atoms with Gasteiger partial charge in [0, 0.05) is 20.2 Å². The molecule has 108 valence electrons. The summed E-state index contributed by atoms with van der Waals surface area (Å²) in [6, 6.07) is 4.44. The first-order valence-corrected chi connectivity index (χ1v) is 7.34. The summed E-state index contributed by atoms with van der Waals surface area (Å²) in [4.78, 5) is 0.156. The van der Waals surface area contributed by atoms with Crippen molar-refractivity contribution in [2.24, 2.45) is 0 Å². The Balaban J connectivity index is 3.07. The zero-order valence-electron chi connectivity index (χ0n) is 11.4. The molecule has 0 aliphatic heterocycles. The number of likely N-dealkylation sites (N-methyl/N-ethyl adjacent to an activating group) is 1. The van der Waals surface area contributed by atoms with Gasteiger partial charge in [-0.3, -0.25) is 0 Å². The first kappa shape index (κ1) is 15.7. The van der Waals surface area contributed by atoms with E-state index in [2.05, 4.69) is 0 Å². The molecule has 0 aromatic heterocycles. The van der Waals surface area contributed by atoms with Gasteiger partial charge in [-0.25, -0.2) is 8.42 Å². The van der Waals surface area contributed by atoms with E-state index in [9.17, 15) is 8.42 Å². The second-order valence-corrected chi connectivity index (χ2v) is 5.83. The van der Waals surface area contributed by atoms with Crippen LogP contribution in [0.3, 0.4) is 0 Å². The average Bonchev–Trinajstić information content (AvgIpc) is 2.39. The minimum absolute atomic E-state index is 0.156. The maximum atomic E-state index is 12.4. The summed E-state index contributed by atoms with van der Waals surface area (Å²) in [5.41, 5.74) is 6.04. The molecule has 0 amide bonds. The van der Waals surface area contributed by atoms with Gasteiger partial charge >= 0.3 is 0 Å². The molecular weight excluding hydrogens is 268 g/mol. The number of rotatable bonds is 7. The standard InChI is InChI=1S/C12H20N2O4S/c1-4-14(7-8-17-2)19(15,16)10-5-6-12(18-3)11(13)9-10/h5-6,9H,4,7-8,13H2,1-3H3. The molecule has 0 spiro atoms. The molecule has 6 nitrogen and oxygen atoms in total. The maximum Gasteiger partial charge on any atom is 0.243 e. The Morgan fingerprint density at radius 3 is 2.47 bits per heavy atom. The molecule has 0 heterocycles. The lowest BCUT2D eigenvalue weighted by Crippen LogP contribution is -2.33. The smallest absolute Gasteiger partial charge is 0.243 e. The monoisotopic (exact) mass is 288 g/mol. The van der Waals surface area contributed by atoms with Crippen LogP contribution in [0.1, 0.15) is 6.92 Å². The third-order valence-electron chi connectivity index (χ3n) is 2.74. The predicted molar refractivity (Wildman–Crippen MR) is 73.7 cm³/mol. The molecule has 0 radical (unpaired) electrons. The van der Waals surface area contributed by atoms with Gasteiger partial charge in [0.15, 0.2) is 0 Å². The van der Waals surface area contributed by atoms with E-state index in [4.69, 9.17) is 15.2 Å². The van der Waals surface area contributed by atoms with E-state index >= 15 is 0 Å². The van der Waals surface area contributed by atoms with E-state index in [1.165, 1.54) is 30.7 Å². The Bertz CT molecular complexity index is 516. The molecule has 0 saturated carbocycles. The first-order chi connectivity index (χ1) is 8.97. The van der Waals surface area contributed by atoms with Crippen molar-refractivity contribution in [3.63, 3.8) is 0 Å². The minimum atomic E-state index is -3.55. The summed E-state index contributed by atoms with van der Waals surface area (Å²) in [6.07, 6.45) is 0. The van der Waals surface area contributed by atoms with Crippen molar-refractivity contribution in [3.05, 3.63) is 18.2 Å². The molecule has 1 aromatic carbocycles. The van der Waals surface area contributed by atoms with Gasteiger partial charge in [0.2, 0.25) is 10.0 Å². The number of hydrogen-bond donors (Lipinski definition) is 1. The molecule has 1 rings (SSSR count). The number of benzene rings is 1. The summed E-state index contributed by atoms with van der Waals surface area (Å²) in [5, 5.41) is 0. The summed E-state index contributed by atoms with van der Waals surface area (Å²) < 4.78 is 36.1. The highest BCUT2D eigenvalue weighted by Crippen LogP contribution is 2.26. The van der Waals surface area contributed by atoms with Gasteiger partial charge in [0.05, 0.1) is 24.3 Å². The molecule has 0 saturated heterocycles. The van der Waals surface area contributed by atoms with E-state index in [0.717, 1.165) is 0 Å². The SMILES string of the molecule is CCN(CCOC)S(=O)(=O)c1ccc(OC)c(N)c1. The fourth-order valence-electron chi connectivity index (χ4n) is 1.66. The van der Waals surface area contributed by atoms with Gasteiger partial charge in [-0.2, -0.15) is 4.31 Å². The number of hydrogen-bond acceptors (Lipinski definition) is 5. The fraction of sp³-hybridized carbons (Fsp3) is 0.500. The normalized spacial score (nSPS) is 11.8. The summed E-state index contributed by atoms with van der Waals surface area (Å²) in [7, 11) is -0.537. The van der Waals surface area contributed by atoms with Crippen molar-refractivity contribution in [1.82, 2.24) is 4.31 Å². The van der Waals surface area contributed by atoms with E-state index in [-0.39, 0.29) is 4.90 Å². The Hall–Kier alpha value is -1.31. The van der Waals surface area contributed by atoms with Crippen LogP contribution in [0.2, 0.25) is 0 Å². The topological polar surface area (TPSA) is 81.9 Å². The zero-order chi connectivity index (χ0) is 14.5. The summed E-state index contributed by atoms with van der Waals surface area (Å²) >= 11 is 0. The zero-order valence-corrected chi connectivity index (χ0v) is 12.2. The lowest BCUT2D eigenvalue weighted by Gasteiger charge is -2.20. The predicted octanol–water partition coefficient (Wildman–Crippen LogP) is 0.934. The van der Waals surface area contributed by atoms with Crippen molar-refractivity contribution in [3.8, 4) is 5.75 Å². The van der Waals surface area contributed by atoms with Crippen LogP contribution in [0.15, 0.2) is 23.1 Å². The number of nitrogen functional groups attached to an aromatic ring is 1. The van der Waals surface area contributed by atoms with Crippen LogP contribution < -0.4 is 10.5 Å². The van der Waals surface area contributed by atoms with E-state index < -0.39 is 10.0 Å². The molecule has 1 aromatic rings. The molecule has 0 fully saturated rings. The molecule has 0 aliphatic carbocycles. The number of ether oxygens (including phenoxy) is 2. The van der Waals surface area contributed by atoms with Crippen molar-refractivity contribution in [2.45, 2.75) is 11.8 Å². The highest BCUT2D eigenvalue weighted by atomic mass is 32.2. The maximum absolute atomic E-state index is 12.4. The summed E-state index contributed by atoms with van der Waals surface area (Å²) in [6.45, 7) is 2.80. The highest BCUT2D eigenvalue weighted by Gasteiger charge is 2.23. The molecule has 2 N–H and O–H groups in total. The van der Waals surface area contributed by atoms with Crippen LogP contribution in [0.4, 0.5) is 5.69 Å². The first-order valence-electron chi connectivity index (χ1n) is 5.90. The molecule has 7 heteroatoms. The second kappa shape index (κ2) is 6.74. The van der Waals surface area contributed by atoms with Gasteiger partial charge in [0.1, 0.15) is 5.75 Å². The Morgan fingerprint density at radius 1 is 1.32 bits per heavy atom. The molecule has 0 bridgehead atoms. The quantitative estimate of drug-likeness (QED) is 0.755. The number of sulfonamides is 1. The molecule has 0 atom stereocenters. The second-order valence-electron chi connectivity index (χ2n) is 3.89. The van der Waals surface area contributed by atoms with Gasteiger partial charge in [0.25, 0.3) is 0 Å². The number of methoxy groups -OCH3 is 2. The molecule has 19 heavy (non-hydrogen) atoms. The van der Waals surface area contributed by atoms with Crippen LogP contribution in [0.5, 0.6) is 5.75 Å². The molecule has 0 unspecified atom stereocenters. The number of nitrogens with two attached hydrogens (primary N) is 1. The average molecular weight is 288 g/mol. The van der Waals surface area contributed by atoms with Crippen molar-refractivity contribution >= 4 is 15.7 Å². The van der Waals surface area contributed by atoms with E-state index in [1.54, 1.807) is 13.0 Å². The number of anilines is 1. The lowest BCUT2D eigenvalue weighted by atomic mass is 10.3. The van der Waals surface area contributed by atoms with Gasteiger partial charge in [-0.05, 0) is 18.2 Å². The van der Waals surface area contributed by atoms with Gasteiger partial charge in [-0.15, -0.1) is 0 Å². The fourth-order valence-corrected chi connectivity index (χ4v) is 3.13. The van der Waals surface area contributed by atoms with Gasteiger partial charge in [-0.1, -0.05) is 6.92 Å². The number of nitrogens with zero attached hydrogens (tertiary/aromatic N) is 1. The van der Waals surface area contributed by atoms with Crippen LogP contribution in [-0.2, 0) is 14.8 Å². The van der Waals surface area contributed by atoms with Crippen molar-refractivity contribution < 1.29 is 17.9 Å². The van der Waals surface area contributed by atoms with E-state index in [0.29, 0.717) is 31.1 Å². The van der Waals surface area contributed by atoms with Crippen LogP contribution in [-0.4, -0.2) is 46.6 Å². The van der Waals surface area contributed by atoms with E-state index in [1.807, 2.05) is 0 Å². The Labute approximate surface area is 114 Å². The Kier molecular flexibility index (Phi) is 5.59. The lowest BCUT2D eigenvalue weighted by molar-refractivity contribution is 0.180. The van der Waals surface area contributed by atoms with Crippen molar-refractivity contribution in [2.75, 3.05) is 39.6 Å². The third-order valence-corrected chi connectivity index (χ3v) is 4.71. The van der Waals surface area contributed by atoms with Crippen molar-refractivity contribution in [1.29, 1.82) is 0 Å². The van der Waals surface area contributed by atoms with Crippen LogP contribution in [0, 0.1) is 0 Å². The third kappa shape index (κ3) is 3.59. The van der Waals surface area contributed by atoms with Crippen LogP contribution in [0.25, 0.3) is 0 Å².